The van der Waals surface area contributed by atoms with E-state index in [9.17, 15) is 9.90 Å². The minimum atomic E-state index is -0.357. The van der Waals surface area contributed by atoms with E-state index in [-0.39, 0.29) is 39.2 Å². The van der Waals surface area contributed by atoms with E-state index in [0.29, 0.717) is 17.2 Å². The van der Waals surface area contributed by atoms with Crippen molar-refractivity contribution in [2.24, 2.45) is 0 Å². The van der Waals surface area contributed by atoms with Gasteiger partial charge in [0.05, 0.1) is 28.4 Å². The zero-order valence-electron chi connectivity index (χ0n) is 14.8. The molecule has 136 valence electrons. The topological polar surface area (TPSA) is 87.4 Å². The van der Waals surface area contributed by atoms with Crippen LogP contribution >= 0.6 is 0 Å². The van der Waals surface area contributed by atoms with E-state index in [4.69, 9.17) is 23.4 Å². The Kier molecular flexibility index (Phi) is 4.62. The first-order chi connectivity index (χ1) is 12.5. The van der Waals surface area contributed by atoms with Gasteiger partial charge in [0, 0.05) is 12.1 Å². The SMILES string of the molecule is COc1cccc(O)c1-c1cc(=O)c2c(OC)cc(OC)c(OC)c2o1. The third-order valence-electron chi connectivity index (χ3n) is 4.00. The van der Waals surface area contributed by atoms with Crippen molar-refractivity contribution in [3.05, 3.63) is 40.6 Å². The molecular formula is C19H18O7. The first-order valence-corrected chi connectivity index (χ1v) is 7.68. The van der Waals surface area contributed by atoms with Gasteiger partial charge in [0.15, 0.2) is 16.8 Å². The molecule has 0 radical (unpaired) electrons. The monoisotopic (exact) mass is 358 g/mol. The Bertz CT molecular complexity index is 1020. The number of phenols is 1. The van der Waals surface area contributed by atoms with Gasteiger partial charge in [-0.1, -0.05) is 6.07 Å². The van der Waals surface area contributed by atoms with Gasteiger partial charge in [-0.15, -0.1) is 0 Å². The van der Waals surface area contributed by atoms with Gasteiger partial charge in [-0.2, -0.15) is 0 Å². The molecule has 7 nitrogen and oxygen atoms in total. The van der Waals surface area contributed by atoms with Crippen LogP contribution in [0.25, 0.3) is 22.3 Å². The lowest BCUT2D eigenvalue weighted by molar-refractivity contribution is 0.348. The van der Waals surface area contributed by atoms with Crippen molar-refractivity contribution in [2.45, 2.75) is 0 Å². The number of ether oxygens (including phenoxy) is 4. The second-order valence-corrected chi connectivity index (χ2v) is 5.35. The Morgan fingerprint density at radius 1 is 0.885 bits per heavy atom. The molecular weight excluding hydrogens is 340 g/mol. The first-order valence-electron chi connectivity index (χ1n) is 7.68. The highest BCUT2D eigenvalue weighted by Crippen LogP contribution is 2.43. The maximum absolute atomic E-state index is 12.8. The van der Waals surface area contributed by atoms with E-state index in [2.05, 4.69) is 0 Å². The number of benzene rings is 2. The van der Waals surface area contributed by atoms with Gasteiger partial charge in [-0.05, 0) is 12.1 Å². The molecule has 3 aromatic rings. The normalized spacial score (nSPS) is 10.6. The molecule has 1 aromatic heterocycles. The highest BCUT2D eigenvalue weighted by atomic mass is 16.5. The summed E-state index contributed by atoms with van der Waals surface area (Å²) in [5.41, 5.74) is 0.0544. The smallest absolute Gasteiger partial charge is 0.205 e. The maximum Gasteiger partial charge on any atom is 0.205 e. The third kappa shape index (κ3) is 2.67. The molecule has 26 heavy (non-hydrogen) atoms. The Hall–Kier alpha value is -3.35. The Balaban J connectivity index is 2.44. The van der Waals surface area contributed by atoms with E-state index in [1.54, 1.807) is 18.2 Å². The van der Waals surface area contributed by atoms with E-state index in [0.717, 1.165) is 0 Å². The molecule has 2 aromatic carbocycles. The van der Waals surface area contributed by atoms with Crippen LogP contribution in [0.5, 0.6) is 28.7 Å². The predicted molar refractivity (Wildman–Crippen MR) is 95.8 cm³/mol. The molecule has 0 unspecified atom stereocenters. The Morgan fingerprint density at radius 2 is 1.58 bits per heavy atom. The molecule has 0 saturated heterocycles. The molecule has 0 bridgehead atoms. The minimum Gasteiger partial charge on any atom is -0.507 e. The Labute approximate surface area is 149 Å². The number of phenolic OH excluding ortho intramolecular Hbond substituents is 1. The summed E-state index contributed by atoms with van der Waals surface area (Å²) < 4.78 is 27.2. The second-order valence-electron chi connectivity index (χ2n) is 5.35. The van der Waals surface area contributed by atoms with Crippen molar-refractivity contribution in [1.29, 1.82) is 0 Å². The molecule has 3 rings (SSSR count). The van der Waals surface area contributed by atoms with Crippen LogP contribution in [-0.2, 0) is 0 Å². The van der Waals surface area contributed by atoms with Crippen molar-refractivity contribution in [3.63, 3.8) is 0 Å². The minimum absolute atomic E-state index is 0.0827. The van der Waals surface area contributed by atoms with Crippen molar-refractivity contribution in [1.82, 2.24) is 0 Å². The summed E-state index contributed by atoms with van der Waals surface area (Å²) in [7, 11) is 5.82. The summed E-state index contributed by atoms with van der Waals surface area (Å²) >= 11 is 0. The standard InChI is InChI=1S/C19H18O7/c1-22-12-7-5-6-10(20)16(12)14-8-11(21)17-13(23-2)9-15(24-3)18(25-4)19(17)26-14/h5-9,20H,1-4H3. The first kappa shape index (κ1) is 17.5. The van der Waals surface area contributed by atoms with Crippen molar-refractivity contribution in [2.75, 3.05) is 28.4 Å². The van der Waals surface area contributed by atoms with Gasteiger partial charge in [0.1, 0.15) is 34.0 Å². The number of methoxy groups -OCH3 is 4. The number of hydrogen-bond donors (Lipinski definition) is 1. The molecule has 0 aliphatic carbocycles. The van der Waals surface area contributed by atoms with Crippen molar-refractivity contribution in [3.8, 4) is 40.1 Å². The van der Waals surface area contributed by atoms with Crippen LogP contribution in [0.15, 0.2) is 39.5 Å². The quantitative estimate of drug-likeness (QED) is 0.749. The van der Waals surface area contributed by atoms with Gasteiger partial charge < -0.3 is 28.5 Å². The zero-order valence-corrected chi connectivity index (χ0v) is 14.8. The van der Waals surface area contributed by atoms with E-state index < -0.39 is 0 Å². The van der Waals surface area contributed by atoms with Gasteiger partial charge in [-0.3, -0.25) is 4.79 Å². The maximum atomic E-state index is 12.8. The molecule has 0 spiro atoms. The van der Waals surface area contributed by atoms with Crippen LogP contribution in [-0.4, -0.2) is 33.5 Å². The number of hydrogen-bond acceptors (Lipinski definition) is 7. The number of rotatable bonds is 5. The fraction of sp³-hybridized carbons (Fsp3) is 0.211. The third-order valence-corrected chi connectivity index (χ3v) is 4.00. The number of aromatic hydroxyl groups is 1. The Morgan fingerprint density at radius 3 is 2.19 bits per heavy atom. The molecule has 0 aliphatic heterocycles. The molecule has 1 heterocycles. The summed E-state index contributed by atoms with van der Waals surface area (Å²) in [6.07, 6.45) is 0. The average Bonchev–Trinajstić information content (AvgIpc) is 2.65. The van der Waals surface area contributed by atoms with E-state index >= 15 is 0 Å². The van der Waals surface area contributed by atoms with E-state index in [1.165, 1.54) is 40.6 Å². The summed E-state index contributed by atoms with van der Waals surface area (Å²) in [6, 6.07) is 7.59. The molecule has 0 fully saturated rings. The molecule has 1 N–H and O–H groups in total. The van der Waals surface area contributed by atoms with Crippen LogP contribution in [0.3, 0.4) is 0 Å². The fourth-order valence-corrected chi connectivity index (χ4v) is 2.82. The number of fused-ring (bicyclic) bond motifs is 1. The summed E-state index contributed by atoms with van der Waals surface area (Å²) in [6.45, 7) is 0. The van der Waals surface area contributed by atoms with Crippen LogP contribution < -0.4 is 24.4 Å². The van der Waals surface area contributed by atoms with Crippen LogP contribution in [0, 0.1) is 0 Å². The van der Waals surface area contributed by atoms with Crippen molar-refractivity contribution >= 4 is 11.0 Å². The summed E-state index contributed by atoms with van der Waals surface area (Å²) in [5, 5.41) is 10.5. The fourth-order valence-electron chi connectivity index (χ4n) is 2.82. The average molecular weight is 358 g/mol. The molecule has 0 amide bonds. The van der Waals surface area contributed by atoms with Gasteiger partial charge >= 0.3 is 0 Å². The van der Waals surface area contributed by atoms with Gasteiger partial charge in [0.2, 0.25) is 5.75 Å². The molecule has 0 saturated carbocycles. The zero-order chi connectivity index (χ0) is 18.8. The van der Waals surface area contributed by atoms with Crippen LogP contribution in [0.4, 0.5) is 0 Å². The lowest BCUT2D eigenvalue weighted by Gasteiger charge is -2.15. The second kappa shape index (κ2) is 6.87. The highest BCUT2D eigenvalue weighted by Gasteiger charge is 2.22. The van der Waals surface area contributed by atoms with Crippen LogP contribution in [0.2, 0.25) is 0 Å². The van der Waals surface area contributed by atoms with Crippen molar-refractivity contribution < 1.29 is 28.5 Å². The predicted octanol–water partition coefficient (Wildman–Crippen LogP) is 3.20. The molecule has 0 aliphatic rings. The van der Waals surface area contributed by atoms with Gasteiger partial charge in [-0.25, -0.2) is 0 Å². The van der Waals surface area contributed by atoms with E-state index in [1.807, 2.05) is 0 Å². The summed E-state index contributed by atoms with van der Waals surface area (Å²) in [4.78, 5) is 12.8. The highest BCUT2D eigenvalue weighted by molar-refractivity contribution is 5.92. The molecule has 0 atom stereocenters. The molecule has 7 heteroatoms. The van der Waals surface area contributed by atoms with Crippen LogP contribution in [0.1, 0.15) is 0 Å². The van der Waals surface area contributed by atoms with Gasteiger partial charge in [0.25, 0.3) is 0 Å². The largest absolute Gasteiger partial charge is 0.507 e. The lowest BCUT2D eigenvalue weighted by Crippen LogP contribution is -2.05. The summed E-state index contributed by atoms with van der Waals surface area (Å²) in [5.74, 6) is 1.30. The lowest BCUT2D eigenvalue weighted by atomic mass is 10.1.